The molecule has 4 heteroatoms. The van der Waals surface area contributed by atoms with E-state index in [1.165, 1.54) is 0 Å². The number of ether oxygens (including phenoxy) is 1. The van der Waals surface area contributed by atoms with Crippen LogP contribution in [0.2, 0.25) is 0 Å². The molecule has 1 unspecified atom stereocenters. The van der Waals surface area contributed by atoms with Gasteiger partial charge in [0.15, 0.2) is 5.43 Å². The maximum atomic E-state index is 12.6. The smallest absolute Gasteiger partial charge is 0.199 e. The fourth-order valence-electron chi connectivity index (χ4n) is 2.14. The van der Waals surface area contributed by atoms with Crippen LogP contribution in [0.4, 0.5) is 0 Å². The van der Waals surface area contributed by atoms with Gasteiger partial charge in [-0.25, -0.2) is 0 Å². The van der Waals surface area contributed by atoms with E-state index in [9.17, 15) is 4.79 Å². The molecular formula is C16H13ClO2S. The van der Waals surface area contributed by atoms with Crippen molar-refractivity contribution in [1.29, 1.82) is 0 Å². The molecule has 2 aromatic carbocycles. The third kappa shape index (κ3) is 2.39. The Morgan fingerprint density at radius 1 is 1.15 bits per heavy atom. The molecule has 0 aliphatic heterocycles. The number of alkyl halides is 1. The van der Waals surface area contributed by atoms with E-state index in [1.807, 2.05) is 49.4 Å². The maximum absolute atomic E-state index is 12.6. The lowest BCUT2D eigenvalue weighted by atomic mass is 10.1. The number of benzene rings is 2. The van der Waals surface area contributed by atoms with Gasteiger partial charge in [0, 0.05) is 14.8 Å². The van der Waals surface area contributed by atoms with Gasteiger partial charge in [-0.1, -0.05) is 18.2 Å². The lowest BCUT2D eigenvalue weighted by Crippen LogP contribution is -2.10. The first-order valence-electron chi connectivity index (χ1n) is 6.38. The zero-order valence-corrected chi connectivity index (χ0v) is 12.5. The molecule has 0 N–H and O–H groups in total. The Kier molecular flexibility index (Phi) is 3.64. The van der Waals surface area contributed by atoms with Gasteiger partial charge in [0.1, 0.15) is 12.4 Å². The Labute approximate surface area is 125 Å². The van der Waals surface area contributed by atoms with E-state index in [0.717, 1.165) is 14.8 Å². The van der Waals surface area contributed by atoms with Gasteiger partial charge in [-0.3, -0.25) is 4.79 Å². The van der Waals surface area contributed by atoms with Gasteiger partial charge in [0.05, 0.1) is 10.8 Å². The first-order valence-corrected chi connectivity index (χ1v) is 7.63. The minimum Gasteiger partial charge on any atom is -0.491 e. The summed E-state index contributed by atoms with van der Waals surface area (Å²) in [6, 6.07) is 13.3. The molecule has 0 fully saturated rings. The third-order valence-corrected chi connectivity index (χ3v) is 4.30. The molecule has 0 aliphatic carbocycles. The lowest BCUT2D eigenvalue weighted by Gasteiger charge is -2.10. The van der Waals surface area contributed by atoms with E-state index < -0.39 is 0 Å². The fraction of sp³-hybridized carbons (Fsp3) is 0.188. The van der Waals surface area contributed by atoms with Gasteiger partial charge < -0.3 is 4.74 Å². The molecule has 0 radical (unpaired) electrons. The second kappa shape index (κ2) is 5.43. The molecule has 0 saturated carbocycles. The Hall–Kier alpha value is -1.58. The van der Waals surface area contributed by atoms with E-state index in [0.29, 0.717) is 17.7 Å². The predicted molar refractivity (Wildman–Crippen MR) is 86.4 cm³/mol. The zero-order chi connectivity index (χ0) is 14.1. The molecular weight excluding hydrogens is 292 g/mol. The molecule has 0 saturated heterocycles. The molecule has 0 aliphatic rings. The Bertz CT molecular complexity index is 823. The number of halogens is 1. The van der Waals surface area contributed by atoms with Crippen LogP contribution in [0.5, 0.6) is 5.75 Å². The second-order valence-electron chi connectivity index (χ2n) is 4.65. The molecule has 1 atom stereocenters. The highest BCUT2D eigenvalue weighted by molar-refractivity contribution is 7.24. The SMILES string of the molecule is CC(Cl)COc1cccc2sc3ccccc3c(=O)c12. The number of rotatable bonds is 3. The van der Waals surface area contributed by atoms with Crippen LogP contribution in [-0.4, -0.2) is 12.0 Å². The van der Waals surface area contributed by atoms with E-state index in [2.05, 4.69) is 0 Å². The van der Waals surface area contributed by atoms with Gasteiger partial charge in [-0.05, 0) is 31.2 Å². The van der Waals surface area contributed by atoms with Gasteiger partial charge >= 0.3 is 0 Å². The monoisotopic (exact) mass is 304 g/mol. The minimum atomic E-state index is -0.0931. The van der Waals surface area contributed by atoms with Crippen LogP contribution in [0.1, 0.15) is 6.92 Å². The molecule has 0 bridgehead atoms. The summed E-state index contributed by atoms with van der Waals surface area (Å²) < 4.78 is 7.62. The highest BCUT2D eigenvalue weighted by Crippen LogP contribution is 2.30. The molecule has 3 aromatic rings. The van der Waals surface area contributed by atoms with Crippen LogP contribution < -0.4 is 10.2 Å². The van der Waals surface area contributed by atoms with Crippen molar-refractivity contribution >= 4 is 43.1 Å². The van der Waals surface area contributed by atoms with E-state index in [4.69, 9.17) is 16.3 Å². The Morgan fingerprint density at radius 3 is 2.70 bits per heavy atom. The van der Waals surface area contributed by atoms with Crippen molar-refractivity contribution in [2.24, 2.45) is 0 Å². The standard InChI is InChI=1S/C16H13ClO2S/c1-10(17)9-19-12-6-4-8-14-15(12)16(18)11-5-2-3-7-13(11)20-14/h2-8,10H,9H2,1H3. The van der Waals surface area contributed by atoms with Crippen molar-refractivity contribution in [3.8, 4) is 5.75 Å². The van der Waals surface area contributed by atoms with Crippen LogP contribution in [-0.2, 0) is 0 Å². The number of fused-ring (bicyclic) bond motifs is 2. The van der Waals surface area contributed by atoms with Crippen LogP contribution in [0.25, 0.3) is 20.2 Å². The molecule has 0 spiro atoms. The van der Waals surface area contributed by atoms with Gasteiger partial charge in [-0.2, -0.15) is 0 Å². The lowest BCUT2D eigenvalue weighted by molar-refractivity contribution is 0.324. The maximum Gasteiger partial charge on any atom is 0.199 e. The first-order chi connectivity index (χ1) is 9.66. The molecule has 102 valence electrons. The first kappa shape index (κ1) is 13.4. The second-order valence-corrected chi connectivity index (χ2v) is 6.48. The summed E-state index contributed by atoms with van der Waals surface area (Å²) in [5.41, 5.74) is 0.0205. The Balaban J connectivity index is 2.27. The number of hydrogen-bond donors (Lipinski definition) is 0. The third-order valence-electron chi connectivity index (χ3n) is 3.04. The summed E-state index contributed by atoms with van der Waals surface area (Å²) in [4.78, 5) is 12.6. The van der Waals surface area contributed by atoms with Crippen molar-refractivity contribution in [2.45, 2.75) is 12.3 Å². The topological polar surface area (TPSA) is 26.3 Å². The van der Waals surface area contributed by atoms with E-state index in [1.54, 1.807) is 11.3 Å². The average Bonchev–Trinajstić information content (AvgIpc) is 2.45. The van der Waals surface area contributed by atoms with Crippen molar-refractivity contribution in [1.82, 2.24) is 0 Å². The van der Waals surface area contributed by atoms with Gasteiger partial charge in [-0.15, -0.1) is 22.9 Å². The van der Waals surface area contributed by atoms with Crippen molar-refractivity contribution in [3.63, 3.8) is 0 Å². The predicted octanol–water partition coefficient (Wildman–Crippen LogP) is 4.42. The summed E-state index contributed by atoms with van der Waals surface area (Å²) in [6.07, 6.45) is 0. The Morgan fingerprint density at radius 2 is 1.90 bits per heavy atom. The molecule has 2 nitrogen and oxygen atoms in total. The van der Waals surface area contributed by atoms with Crippen LogP contribution >= 0.6 is 22.9 Å². The van der Waals surface area contributed by atoms with Crippen molar-refractivity contribution < 1.29 is 4.74 Å². The highest BCUT2D eigenvalue weighted by Gasteiger charge is 2.11. The summed E-state index contributed by atoms with van der Waals surface area (Å²) in [5.74, 6) is 0.613. The highest BCUT2D eigenvalue weighted by atomic mass is 35.5. The molecule has 3 rings (SSSR count). The van der Waals surface area contributed by atoms with Crippen molar-refractivity contribution in [2.75, 3.05) is 6.61 Å². The minimum absolute atomic E-state index is 0.0205. The molecule has 0 amide bonds. The molecule has 1 aromatic heterocycles. The summed E-state index contributed by atoms with van der Waals surface area (Å²) in [7, 11) is 0. The fourth-order valence-corrected chi connectivity index (χ4v) is 3.30. The summed E-state index contributed by atoms with van der Waals surface area (Å²) in [5, 5.41) is 1.29. The summed E-state index contributed by atoms with van der Waals surface area (Å²) >= 11 is 7.51. The normalized spacial score (nSPS) is 12.7. The quantitative estimate of drug-likeness (QED) is 0.529. The molecule has 1 heterocycles. The van der Waals surface area contributed by atoms with E-state index in [-0.39, 0.29) is 10.8 Å². The van der Waals surface area contributed by atoms with Crippen LogP contribution in [0, 0.1) is 0 Å². The van der Waals surface area contributed by atoms with E-state index >= 15 is 0 Å². The van der Waals surface area contributed by atoms with Crippen LogP contribution in [0.3, 0.4) is 0 Å². The zero-order valence-electron chi connectivity index (χ0n) is 10.9. The van der Waals surface area contributed by atoms with Gasteiger partial charge in [0.25, 0.3) is 0 Å². The largest absolute Gasteiger partial charge is 0.491 e. The average molecular weight is 305 g/mol. The molecule has 20 heavy (non-hydrogen) atoms. The van der Waals surface area contributed by atoms with Crippen LogP contribution in [0.15, 0.2) is 47.3 Å². The summed E-state index contributed by atoms with van der Waals surface area (Å²) in [6.45, 7) is 2.25. The van der Waals surface area contributed by atoms with Crippen molar-refractivity contribution in [3.05, 3.63) is 52.7 Å². The van der Waals surface area contributed by atoms with Gasteiger partial charge in [0.2, 0.25) is 0 Å². The number of hydrogen-bond acceptors (Lipinski definition) is 3.